The van der Waals surface area contributed by atoms with Crippen LogP contribution in [0.25, 0.3) is 11.0 Å². The quantitative estimate of drug-likeness (QED) is 0.417. The number of aromatic nitrogens is 1. The number of Topliss-reactive ketones (excluding diaryl/α,β-unsaturated/α-hetero) is 1. The first-order chi connectivity index (χ1) is 19.0. The number of hydrogen-bond acceptors (Lipinski definition) is 8. The number of aliphatic carboxylic acids is 2. The number of carbonyl (C=O) groups excluding carboxylic acids is 1. The maximum Gasteiger partial charge on any atom is 0.328 e. The van der Waals surface area contributed by atoms with Gasteiger partial charge in [-0.3, -0.25) is 4.79 Å². The fraction of sp³-hybridized carbons (Fsp3) is 0.448. The predicted octanol–water partition coefficient (Wildman–Crippen LogP) is 4.68. The zero-order valence-corrected chi connectivity index (χ0v) is 23.1. The van der Waals surface area contributed by atoms with Crippen LogP contribution in [0.1, 0.15) is 51.6 Å². The van der Waals surface area contributed by atoms with Crippen molar-refractivity contribution in [2.45, 2.75) is 51.6 Å². The van der Waals surface area contributed by atoms with E-state index in [0.29, 0.717) is 24.3 Å². The van der Waals surface area contributed by atoms with E-state index in [1.807, 2.05) is 26.0 Å². The summed E-state index contributed by atoms with van der Waals surface area (Å²) in [7, 11) is 1.65. The summed E-state index contributed by atoms with van der Waals surface area (Å²) in [6.45, 7) is 7.71. The number of piperidine rings is 1. The number of fused-ring (bicyclic) bond motifs is 1. The topological polar surface area (TPSA) is 139 Å². The van der Waals surface area contributed by atoms with Gasteiger partial charge in [0, 0.05) is 49.2 Å². The van der Waals surface area contributed by atoms with Crippen LogP contribution < -0.4 is 0 Å². The van der Waals surface area contributed by atoms with Crippen molar-refractivity contribution in [3.8, 4) is 0 Å². The Morgan fingerprint density at radius 3 is 2.55 bits per heavy atom. The van der Waals surface area contributed by atoms with Crippen molar-refractivity contribution >= 4 is 28.7 Å². The average Bonchev–Trinajstić information content (AvgIpc) is 3.34. The highest BCUT2D eigenvalue weighted by molar-refractivity contribution is 5.90. The minimum absolute atomic E-state index is 0.0267. The van der Waals surface area contributed by atoms with E-state index in [4.69, 9.17) is 24.2 Å². The van der Waals surface area contributed by atoms with Crippen molar-refractivity contribution in [3.63, 3.8) is 0 Å². The number of ketones is 1. The Morgan fingerprint density at radius 2 is 1.95 bits per heavy atom. The first-order valence-corrected chi connectivity index (χ1v) is 13.1. The molecule has 0 radical (unpaired) electrons. The van der Waals surface area contributed by atoms with Crippen molar-refractivity contribution in [3.05, 3.63) is 65.5 Å². The molecule has 2 aromatic rings. The zero-order chi connectivity index (χ0) is 29.4. The van der Waals surface area contributed by atoms with Crippen molar-refractivity contribution in [2.75, 3.05) is 26.8 Å². The van der Waals surface area contributed by atoms with E-state index in [-0.39, 0.29) is 23.4 Å². The molecule has 2 N–H and O–H groups in total. The number of carboxylic acids is 2. The Hall–Kier alpha value is -3.99. The Kier molecular flexibility index (Phi) is 10.2. The SMILES string of the molecule is CCCOC1(C(C)=O)C=CC(N2CCCC(c3noc4cc(F)ccc34)C2)=C(OC)C1C.O=C(O)/C=C/C(=O)O. The van der Waals surface area contributed by atoms with Crippen molar-refractivity contribution < 1.29 is 43.0 Å². The standard InChI is InChI=1S/C25H31FN2O4.C4H4O4/c1-5-13-31-25(17(3)29)11-10-21(24(30-4)16(25)2)28-12-6-7-18(15-28)23-20-9-8-19(26)14-22(20)32-27-23;5-3(6)1-2-4(7)8/h8-11,14,16,18H,5-7,12-13,15H2,1-4H3;1-2H,(H,5,6)(H,7,8)/b;2-1+. The third-order valence-corrected chi connectivity index (χ3v) is 7.07. The summed E-state index contributed by atoms with van der Waals surface area (Å²) in [5.74, 6) is -2.21. The number of hydrogen-bond donors (Lipinski definition) is 2. The number of allylic oxidation sites excluding steroid dienone is 1. The molecule has 1 aromatic carbocycles. The second-order valence-corrected chi connectivity index (χ2v) is 9.71. The van der Waals surface area contributed by atoms with E-state index in [9.17, 15) is 18.8 Å². The lowest BCUT2D eigenvalue weighted by Crippen LogP contribution is -2.48. The van der Waals surface area contributed by atoms with Crippen LogP contribution in [0.5, 0.6) is 0 Å². The molecule has 1 fully saturated rings. The molecule has 2 aliphatic rings. The number of rotatable bonds is 9. The molecule has 4 rings (SSSR count). The van der Waals surface area contributed by atoms with Gasteiger partial charge in [-0.1, -0.05) is 19.0 Å². The average molecular weight is 559 g/mol. The van der Waals surface area contributed by atoms with E-state index < -0.39 is 17.5 Å². The molecule has 2 heterocycles. The molecular formula is C29H35FN2O8. The number of likely N-dealkylation sites (tertiary alicyclic amines) is 1. The summed E-state index contributed by atoms with van der Waals surface area (Å²) in [6, 6.07) is 4.56. The van der Waals surface area contributed by atoms with Crippen LogP contribution in [0.4, 0.5) is 4.39 Å². The first kappa shape index (κ1) is 30.6. The Bertz CT molecular complexity index is 1310. The Balaban J connectivity index is 0.000000482. The highest BCUT2D eigenvalue weighted by atomic mass is 19.1. The summed E-state index contributed by atoms with van der Waals surface area (Å²) in [5.41, 5.74) is 1.30. The molecule has 3 atom stereocenters. The van der Waals surface area contributed by atoms with Crippen LogP contribution in [-0.4, -0.2) is 70.4 Å². The number of carbonyl (C=O) groups is 3. The van der Waals surface area contributed by atoms with Crippen molar-refractivity contribution in [1.82, 2.24) is 10.1 Å². The van der Waals surface area contributed by atoms with E-state index in [2.05, 4.69) is 10.1 Å². The molecule has 0 saturated carbocycles. The second-order valence-electron chi connectivity index (χ2n) is 9.71. The van der Waals surface area contributed by atoms with Crippen LogP contribution in [0, 0.1) is 11.7 Å². The monoisotopic (exact) mass is 558 g/mol. The van der Waals surface area contributed by atoms with E-state index in [0.717, 1.165) is 54.9 Å². The highest BCUT2D eigenvalue weighted by Gasteiger charge is 2.46. The molecule has 216 valence electrons. The third-order valence-electron chi connectivity index (χ3n) is 7.07. The van der Waals surface area contributed by atoms with Crippen LogP contribution in [0.2, 0.25) is 0 Å². The van der Waals surface area contributed by atoms with Gasteiger partial charge in [0.2, 0.25) is 0 Å². The van der Waals surface area contributed by atoms with Gasteiger partial charge in [-0.25, -0.2) is 14.0 Å². The fourth-order valence-corrected chi connectivity index (χ4v) is 5.14. The van der Waals surface area contributed by atoms with Gasteiger partial charge in [-0.15, -0.1) is 0 Å². The van der Waals surface area contributed by atoms with Gasteiger partial charge in [0.25, 0.3) is 0 Å². The van der Waals surface area contributed by atoms with E-state index in [1.54, 1.807) is 20.1 Å². The van der Waals surface area contributed by atoms with E-state index >= 15 is 0 Å². The van der Waals surface area contributed by atoms with Gasteiger partial charge < -0.3 is 29.1 Å². The molecule has 11 heteroatoms. The van der Waals surface area contributed by atoms with Crippen LogP contribution >= 0.6 is 0 Å². The maximum atomic E-state index is 13.6. The Labute approximate surface area is 231 Å². The number of halogens is 1. The lowest BCUT2D eigenvalue weighted by atomic mass is 9.79. The second kappa shape index (κ2) is 13.4. The lowest BCUT2D eigenvalue weighted by Gasteiger charge is -2.42. The summed E-state index contributed by atoms with van der Waals surface area (Å²) < 4.78 is 30.9. The molecule has 1 aliphatic heterocycles. The van der Waals surface area contributed by atoms with Crippen LogP contribution in [0.3, 0.4) is 0 Å². The number of benzene rings is 1. The first-order valence-electron chi connectivity index (χ1n) is 13.1. The maximum absolute atomic E-state index is 13.6. The molecule has 10 nitrogen and oxygen atoms in total. The van der Waals surface area contributed by atoms with Gasteiger partial charge in [0.15, 0.2) is 17.0 Å². The minimum Gasteiger partial charge on any atom is -0.499 e. The van der Waals surface area contributed by atoms with Gasteiger partial charge in [-0.05, 0) is 50.5 Å². The zero-order valence-electron chi connectivity index (χ0n) is 23.1. The molecule has 0 bridgehead atoms. The number of ether oxygens (including phenoxy) is 2. The van der Waals surface area contributed by atoms with E-state index in [1.165, 1.54) is 12.1 Å². The number of methoxy groups -OCH3 is 1. The molecule has 0 spiro atoms. The summed E-state index contributed by atoms with van der Waals surface area (Å²) >= 11 is 0. The summed E-state index contributed by atoms with van der Waals surface area (Å²) in [6.07, 6.45) is 7.76. The van der Waals surface area contributed by atoms with Crippen molar-refractivity contribution in [1.29, 1.82) is 0 Å². The van der Waals surface area contributed by atoms with Gasteiger partial charge in [0.1, 0.15) is 11.6 Å². The molecule has 3 unspecified atom stereocenters. The van der Waals surface area contributed by atoms with Gasteiger partial charge in [0.05, 0.1) is 24.4 Å². The molecular weight excluding hydrogens is 523 g/mol. The van der Waals surface area contributed by atoms with Crippen molar-refractivity contribution in [2.24, 2.45) is 5.92 Å². The number of carboxylic acid groups (broad SMARTS) is 2. The molecule has 0 amide bonds. The smallest absolute Gasteiger partial charge is 0.328 e. The van der Waals surface area contributed by atoms with Crippen LogP contribution in [-0.2, 0) is 23.9 Å². The fourth-order valence-electron chi connectivity index (χ4n) is 5.14. The molecule has 1 aromatic heterocycles. The molecule has 1 saturated heterocycles. The molecule has 40 heavy (non-hydrogen) atoms. The van der Waals surface area contributed by atoms with Gasteiger partial charge >= 0.3 is 11.9 Å². The number of nitrogens with zero attached hydrogens (tertiary/aromatic N) is 2. The molecule has 1 aliphatic carbocycles. The van der Waals surface area contributed by atoms with Crippen LogP contribution in [0.15, 0.2) is 58.5 Å². The predicted molar refractivity (Wildman–Crippen MR) is 144 cm³/mol. The minimum atomic E-state index is -1.26. The van der Waals surface area contributed by atoms with Gasteiger partial charge in [-0.2, -0.15) is 0 Å². The summed E-state index contributed by atoms with van der Waals surface area (Å²) in [5, 5.41) is 20.8. The summed E-state index contributed by atoms with van der Waals surface area (Å²) in [4.78, 5) is 34.0. The Morgan fingerprint density at radius 1 is 1.25 bits per heavy atom. The largest absolute Gasteiger partial charge is 0.499 e. The highest BCUT2D eigenvalue weighted by Crippen LogP contribution is 2.40. The normalized spacial score (nSPS) is 22.8. The third kappa shape index (κ3) is 6.77. The lowest BCUT2D eigenvalue weighted by molar-refractivity contribution is -0.142.